The number of nitrogens with zero attached hydrogens (tertiary/aromatic N) is 4. The van der Waals surface area contributed by atoms with Crippen LogP contribution in [0.1, 0.15) is 0 Å². The summed E-state index contributed by atoms with van der Waals surface area (Å²) in [6, 6.07) is 3.68. The van der Waals surface area contributed by atoms with Crippen LogP contribution in [0.5, 0.6) is 0 Å². The topological polar surface area (TPSA) is 140 Å². The summed E-state index contributed by atoms with van der Waals surface area (Å²) < 4.78 is 29.8. The van der Waals surface area contributed by atoms with Crippen molar-refractivity contribution in [1.82, 2.24) is 14.8 Å². The molecule has 0 aliphatic heterocycles. The Morgan fingerprint density at radius 1 is 1.40 bits per heavy atom. The zero-order valence-corrected chi connectivity index (χ0v) is 11.6. The van der Waals surface area contributed by atoms with Gasteiger partial charge in [0.2, 0.25) is 5.13 Å². The Morgan fingerprint density at radius 2 is 2.15 bits per heavy atom. The molecule has 106 valence electrons. The molecule has 20 heavy (non-hydrogen) atoms. The maximum Gasteiger partial charge on any atom is 0.290 e. The molecule has 0 bridgehead atoms. The van der Waals surface area contributed by atoms with Crippen molar-refractivity contribution in [2.75, 3.05) is 17.1 Å². The summed E-state index contributed by atoms with van der Waals surface area (Å²) in [5.74, 6) is 0. The van der Waals surface area contributed by atoms with E-state index in [-0.39, 0.29) is 5.13 Å². The van der Waals surface area contributed by atoms with Crippen LogP contribution >= 0.6 is 11.5 Å². The predicted molar refractivity (Wildman–Crippen MR) is 71.2 cm³/mol. The number of nitrogens with one attached hydrogen (secondary N) is 2. The van der Waals surface area contributed by atoms with Crippen molar-refractivity contribution >= 4 is 38.1 Å². The van der Waals surface area contributed by atoms with Gasteiger partial charge in [-0.15, -0.1) is 0 Å². The highest BCUT2D eigenvalue weighted by Gasteiger charge is 2.27. The Bertz CT molecular complexity index is 729. The molecular formula is C8H8N6O4S2. The summed E-state index contributed by atoms with van der Waals surface area (Å²) in [7, 11) is -2.59. The third-order valence-electron chi connectivity index (χ3n) is 2.26. The molecule has 0 saturated carbocycles. The van der Waals surface area contributed by atoms with Crippen molar-refractivity contribution in [3.05, 3.63) is 28.3 Å². The molecule has 0 fully saturated rings. The van der Waals surface area contributed by atoms with Gasteiger partial charge in [0, 0.05) is 30.3 Å². The highest BCUT2D eigenvalue weighted by atomic mass is 32.2. The van der Waals surface area contributed by atoms with E-state index in [1.165, 1.54) is 6.07 Å². The Morgan fingerprint density at radius 3 is 2.70 bits per heavy atom. The standard InChI is InChI=1S/C8H8N6O4S2/c1-9-5-2-3-6(14(15)16)7(4-5)20(17,18)11-8-10-12-13-19-8/h2-4,9H,1H3,(H,10,11,13). The summed E-state index contributed by atoms with van der Waals surface area (Å²) in [5, 5.41) is 20.2. The fraction of sp³-hybridized carbons (Fsp3) is 0.125. The van der Waals surface area contributed by atoms with Crippen molar-refractivity contribution in [2.45, 2.75) is 4.90 Å². The van der Waals surface area contributed by atoms with E-state index >= 15 is 0 Å². The molecule has 1 aromatic carbocycles. The van der Waals surface area contributed by atoms with Gasteiger partial charge in [0.05, 0.1) is 4.92 Å². The number of anilines is 2. The van der Waals surface area contributed by atoms with E-state index in [0.717, 1.165) is 23.7 Å². The van der Waals surface area contributed by atoms with Gasteiger partial charge in [0.25, 0.3) is 15.7 Å². The molecule has 2 rings (SSSR count). The number of rotatable bonds is 5. The number of hydrogen-bond acceptors (Lipinski definition) is 9. The minimum absolute atomic E-state index is 0.0749. The van der Waals surface area contributed by atoms with Crippen molar-refractivity contribution in [2.24, 2.45) is 0 Å². The van der Waals surface area contributed by atoms with Gasteiger partial charge in [-0.3, -0.25) is 14.8 Å². The molecule has 0 spiro atoms. The lowest BCUT2D eigenvalue weighted by atomic mass is 10.3. The molecule has 0 atom stereocenters. The van der Waals surface area contributed by atoms with Crippen LogP contribution in [0.15, 0.2) is 23.1 Å². The zero-order valence-electron chi connectivity index (χ0n) is 9.97. The number of sulfonamides is 1. The second kappa shape index (κ2) is 5.34. The van der Waals surface area contributed by atoms with Gasteiger partial charge in [-0.1, -0.05) is 9.59 Å². The van der Waals surface area contributed by atoms with Crippen LogP contribution in [0.2, 0.25) is 0 Å². The molecule has 1 aromatic heterocycles. The number of nitro groups is 1. The Balaban J connectivity index is 2.51. The van der Waals surface area contributed by atoms with E-state index in [0.29, 0.717) is 5.69 Å². The maximum absolute atomic E-state index is 12.2. The van der Waals surface area contributed by atoms with Crippen LogP contribution in [0.3, 0.4) is 0 Å². The molecule has 2 N–H and O–H groups in total. The summed E-state index contributed by atoms with van der Waals surface area (Å²) in [4.78, 5) is 9.69. The molecule has 0 radical (unpaired) electrons. The van der Waals surface area contributed by atoms with E-state index in [1.807, 2.05) is 0 Å². The molecule has 0 amide bonds. The van der Waals surface area contributed by atoms with Gasteiger partial charge >= 0.3 is 0 Å². The van der Waals surface area contributed by atoms with Gasteiger partial charge < -0.3 is 5.32 Å². The summed E-state index contributed by atoms with van der Waals surface area (Å²) in [5.41, 5.74) is -0.111. The molecular weight excluding hydrogens is 308 g/mol. The highest BCUT2D eigenvalue weighted by molar-refractivity contribution is 7.93. The van der Waals surface area contributed by atoms with Gasteiger partial charge in [0.1, 0.15) is 0 Å². The van der Waals surface area contributed by atoms with Crippen LogP contribution in [-0.4, -0.2) is 35.2 Å². The molecule has 0 saturated heterocycles. The minimum Gasteiger partial charge on any atom is -0.388 e. The first kappa shape index (κ1) is 14.1. The second-order valence-corrected chi connectivity index (χ2v) is 5.85. The lowest BCUT2D eigenvalue weighted by molar-refractivity contribution is -0.387. The maximum atomic E-state index is 12.2. The smallest absolute Gasteiger partial charge is 0.290 e. The third-order valence-corrected chi connectivity index (χ3v) is 4.26. The average molecular weight is 316 g/mol. The molecule has 0 unspecified atom stereocenters. The fourth-order valence-electron chi connectivity index (χ4n) is 1.38. The lowest BCUT2D eigenvalue weighted by Crippen LogP contribution is -2.15. The summed E-state index contributed by atoms with van der Waals surface area (Å²) in [6.07, 6.45) is 0. The Hall–Kier alpha value is -2.34. The third kappa shape index (κ3) is 2.80. The van der Waals surface area contributed by atoms with Crippen LogP contribution in [0.25, 0.3) is 0 Å². The Kier molecular flexibility index (Phi) is 3.76. The lowest BCUT2D eigenvalue weighted by Gasteiger charge is -2.07. The SMILES string of the molecule is CNc1ccc([N+](=O)[O-])c(S(=O)(=O)Nc2nnns2)c1. The predicted octanol–water partition coefficient (Wildman–Crippen LogP) is 0.684. The number of aromatic nitrogens is 3. The summed E-state index contributed by atoms with van der Waals surface area (Å²) in [6.45, 7) is 0. The second-order valence-electron chi connectivity index (χ2n) is 3.46. The van der Waals surface area contributed by atoms with Crippen molar-refractivity contribution in [3.63, 3.8) is 0 Å². The van der Waals surface area contributed by atoms with E-state index < -0.39 is 25.5 Å². The molecule has 12 heteroatoms. The van der Waals surface area contributed by atoms with Gasteiger partial charge in [-0.25, -0.2) is 8.42 Å². The Labute approximate surface area is 117 Å². The molecule has 10 nitrogen and oxygen atoms in total. The van der Waals surface area contributed by atoms with E-state index in [4.69, 9.17) is 0 Å². The first-order valence-electron chi connectivity index (χ1n) is 5.08. The quantitative estimate of drug-likeness (QED) is 0.606. The normalized spacial score (nSPS) is 11.1. The van der Waals surface area contributed by atoms with Crippen molar-refractivity contribution < 1.29 is 13.3 Å². The fourth-order valence-corrected chi connectivity index (χ4v) is 3.16. The van der Waals surface area contributed by atoms with E-state index in [1.54, 1.807) is 7.05 Å². The first-order chi connectivity index (χ1) is 9.44. The largest absolute Gasteiger partial charge is 0.388 e. The van der Waals surface area contributed by atoms with Gasteiger partial charge in [-0.2, -0.15) is 0 Å². The number of hydrogen-bond donors (Lipinski definition) is 2. The van der Waals surface area contributed by atoms with Crippen LogP contribution in [0.4, 0.5) is 16.5 Å². The minimum atomic E-state index is -4.16. The van der Waals surface area contributed by atoms with Gasteiger partial charge in [0.15, 0.2) is 4.90 Å². The number of nitro benzene ring substituents is 1. The monoisotopic (exact) mass is 316 g/mol. The average Bonchev–Trinajstić information content (AvgIpc) is 2.90. The first-order valence-corrected chi connectivity index (χ1v) is 7.34. The van der Waals surface area contributed by atoms with Crippen LogP contribution < -0.4 is 10.0 Å². The molecule has 2 aromatic rings. The van der Waals surface area contributed by atoms with Gasteiger partial charge in [-0.05, 0) is 17.3 Å². The number of benzene rings is 1. The zero-order chi connectivity index (χ0) is 14.8. The highest BCUT2D eigenvalue weighted by Crippen LogP contribution is 2.28. The van der Waals surface area contributed by atoms with Crippen LogP contribution in [0, 0.1) is 10.1 Å². The molecule has 0 aliphatic carbocycles. The van der Waals surface area contributed by atoms with E-state index in [2.05, 4.69) is 24.8 Å². The molecule has 0 aliphatic rings. The van der Waals surface area contributed by atoms with Crippen LogP contribution in [-0.2, 0) is 10.0 Å². The van der Waals surface area contributed by atoms with Crippen molar-refractivity contribution in [3.8, 4) is 0 Å². The molecule has 1 heterocycles. The van der Waals surface area contributed by atoms with E-state index in [9.17, 15) is 18.5 Å². The van der Waals surface area contributed by atoms with Crippen molar-refractivity contribution in [1.29, 1.82) is 0 Å². The summed E-state index contributed by atoms with van der Waals surface area (Å²) >= 11 is 0.721.